The Morgan fingerprint density at radius 1 is 1.33 bits per heavy atom. The van der Waals surface area contributed by atoms with E-state index in [1.54, 1.807) is 12.1 Å². The van der Waals surface area contributed by atoms with Crippen LogP contribution < -0.4 is 10.6 Å². The lowest BCUT2D eigenvalue weighted by Crippen LogP contribution is -2.32. The number of thiophene rings is 1. The van der Waals surface area contributed by atoms with E-state index in [0.717, 1.165) is 4.88 Å². The Labute approximate surface area is 128 Å². The monoisotopic (exact) mass is 308 g/mol. The number of hydrogen-bond donors (Lipinski definition) is 3. The van der Waals surface area contributed by atoms with E-state index in [2.05, 4.69) is 22.5 Å². The molecule has 0 saturated carbocycles. The summed E-state index contributed by atoms with van der Waals surface area (Å²) >= 11 is 1.26. The lowest BCUT2D eigenvalue weighted by Gasteiger charge is -2.07. The Kier molecular flexibility index (Phi) is 7.51. The predicted molar refractivity (Wildman–Crippen MR) is 83.1 cm³/mol. The van der Waals surface area contributed by atoms with Gasteiger partial charge < -0.3 is 15.7 Å². The molecule has 1 heterocycles. The fraction of sp³-hybridized carbons (Fsp3) is 0.467. The van der Waals surface area contributed by atoms with Crippen LogP contribution in [0.15, 0.2) is 12.1 Å². The minimum absolute atomic E-state index is 0.0651. The lowest BCUT2D eigenvalue weighted by atomic mass is 10.2. The normalized spacial score (nSPS) is 9.90. The maximum Gasteiger partial charge on any atom is 0.261 e. The van der Waals surface area contributed by atoms with Crippen molar-refractivity contribution >= 4 is 23.2 Å². The van der Waals surface area contributed by atoms with Crippen molar-refractivity contribution in [1.29, 1.82) is 0 Å². The van der Waals surface area contributed by atoms with Crippen molar-refractivity contribution < 1.29 is 14.7 Å². The van der Waals surface area contributed by atoms with Crippen molar-refractivity contribution in [3.05, 3.63) is 21.9 Å². The fourth-order valence-corrected chi connectivity index (χ4v) is 2.23. The van der Waals surface area contributed by atoms with Gasteiger partial charge in [-0.2, -0.15) is 0 Å². The molecular weight excluding hydrogens is 288 g/mol. The molecule has 1 aromatic rings. The minimum Gasteiger partial charge on any atom is -0.384 e. The average molecular weight is 308 g/mol. The number of rotatable bonds is 6. The van der Waals surface area contributed by atoms with Crippen molar-refractivity contribution in [3.8, 4) is 11.8 Å². The number of hydrogen-bond acceptors (Lipinski definition) is 4. The van der Waals surface area contributed by atoms with Crippen LogP contribution in [0, 0.1) is 17.8 Å². The van der Waals surface area contributed by atoms with E-state index in [9.17, 15) is 9.59 Å². The number of carbonyl (C=O) groups is 2. The first-order valence-electron chi connectivity index (χ1n) is 6.77. The highest BCUT2D eigenvalue weighted by Crippen LogP contribution is 2.15. The fourth-order valence-electron chi connectivity index (χ4n) is 1.44. The van der Waals surface area contributed by atoms with Crippen molar-refractivity contribution in [2.75, 3.05) is 19.7 Å². The van der Waals surface area contributed by atoms with Gasteiger partial charge in [0.15, 0.2) is 0 Å². The van der Waals surface area contributed by atoms with Crippen LogP contribution in [0.25, 0.3) is 0 Å². The second-order valence-electron chi connectivity index (χ2n) is 4.83. The van der Waals surface area contributed by atoms with Gasteiger partial charge in [-0.05, 0) is 18.1 Å². The highest BCUT2D eigenvalue weighted by molar-refractivity contribution is 7.14. The Balaban J connectivity index is 2.33. The number of amides is 2. The second-order valence-corrected chi connectivity index (χ2v) is 5.91. The summed E-state index contributed by atoms with van der Waals surface area (Å²) in [6, 6.07) is 3.41. The number of aliphatic hydroxyl groups is 1. The van der Waals surface area contributed by atoms with Crippen LogP contribution in [0.5, 0.6) is 0 Å². The molecule has 1 aromatic heterocycles. The largest absolute Gasteiger partial charge is 0.384 e. The molecule has 21 heavy (non-hydrogen) atoms. The zero-order valence-electron chi connectivity index (χ0n) is 12.2. The van der Waals surface area contributed by atoms with E-state index < -0.39 is 0 Å². The molecule has 0 saturated heterocycles. The molecule has 114 valence electrons. The Morgan fingerprint density at radius 3 is 2.76 bits per heavy atom. The molecule has 0 atom stereocenters. The maximum absolute atomic E-state index is 11.8. The molecule has 6 heteroatoms. The molecule has 0 unspecified atom stereocenters. The SMILES string of the molecule is CC(C)CNC(=O)CCNC(=O)c1ccc(C#CCO)s1. The Bertz CT molecular complexity index is 541. The quantitative estimate of drug-likeness (QED) is 0.686. The van der Waals surface area contributed by atoms with Gasteiger partial charge in [-0.1, -0.05) is 25.7 Å². The van der Waals surface area contributed by atoms with Gasteiger partial charge in [0, 0.05) is 19.5 Å². The summed E-state index contributed by atoms with van der Waals surface area (Å²) in [7, 11) is 0. The zero-order valence-corrected chi connectivity index (χ0v) is 13.0. The number of carbonyl (C=O) groups excluding carboxylic acids is 2. The molecule has 5 nitrogen and oxygen atoms in total. The summed E-state index contributed by atoms with van der Waals surface area (Å²) < 4.78 is 0. The first kappa shape index (κ1) is 17.2. The first-order chi connectivity index (χ1) is 10.0. The van der Waals surface area contributed by atoms with Crippen LogP contribution in [-0.2, 0) is 4.79 Å². The number of nitrogens with one attached hydrogen (secondary N) is 2. The molecule has 0 bridgehead atoms. The predicted octanol–water partition coefficient (Wildman–Crippen LogP) is 0.984. The van der Waals surface area contributed by atoms with Gasteiger partial charge in [0.25, 0.3) is 5.91 Å². The molecule has 0 aromatic carbocycles. The Morgan fingerprint density at radius 2 is 2.10 bits per heavy atom. The molecule has 0 spiro atoms. The van der Waals surface area contributed by atoms with E-state index >= 15 is 0 Å². The van der Waals surface area contributed by atoms with Gasteiger partial charge in [-0.3, -0.25) is 9.59 Å². The van der Waals surface area contributed by atoms with Crippen molar-refractivity contribution in [2.45, 2.75) is 20.3 Å². The standard InChI is InChI=1S/C15H20N2O3S/c1-11(2)10-17-14(19)7-8-16-15(20)13-6-5-12(21-13)4-3-9-18/h5-6,11,18H,7-10H2,1-2H3,(H,16,20)(H,17,19). The summed E-state index contributed by atoms with van der Waals surface area (Å²) in [4.78, 5) is 24.6. The van der Waals surface area contributed by atoms with Gasteiger partial charge in [0.2, 0.25) is 5.91 Å². The summed E-state index contributed by atoms with van der Waals surface area (Å²) in [6.45, 7) is 4.79. The van der Waals surface area contributed by atoms with Crippen molar-refractivity contribution in [1.82, 2.24) is 10.6 Å². The van der Waals surface area contributed by atoms with Gasteiger partial charge in [-0.15, -0.1) is 11.3 Å². The van der Waals surface area contributed by atoms with Crippen LogP contribution in [0.3, 0.4) is 0 Å². The van der Waals surface area contributed by atoms with E-state index in [0.29, 0.717) is 23.9 Å². The van der Waals surface area contributed by atoms with Crippen LogP contribution in [0.4, 0.5) is 0 Å². The van der Waals surface area contributed by atoms with Gasteiger partial charge >= 0.3 is 0 Å². The van der Waals surface area contributed by atoms with Crippen LogP contribution in [0.1, 0.15) is 34.8 Å². The van der Waals surface area contributed by atoms with Gasteiger partial charge in [0.05, 0.1) is 9.75 Å². The first-order valence-corrected chi connectivity index (χ1v) is 7.59. The second kappa shape index (κ2) is 9.16. The smallest absolute Gasteiger partial charge is 0.261 e. The zero-order chi connectivity index (χ0) is 15.7. The molecule has 1 rings (SSSR count). The van der Waals surface area contributed by atoms with Gasteiger partial charge in [-0.25, -0.2) is 0 Å². The summed E-state index contributed by atoms with van der Waals surface area (Å²) in [6.07, 6.45) is 0.265. The van der Waals surface area contributed by atoms with E-state index in [1.165, 1.54) is 11.3 Å². The van der Waals surface area contributed by atoms with Crippen molar-refractivity contribution in [3.63, 3.8) is 0 Å². The maximum atomic E-state index is 11.8. The third kappa shape index (κ3) is 6.93. The van der Waals surface area contributed by atoms with E-state index in [4.69, 9.17) is 5.11 Å². The average Bonchev–Trinajstić information content (AvgIpc) is 2.91. The number of aliphatic hydroxyl groups excluding tert-OH is 1. The molecular formula is C15H20N2O3S. The van der Waals surface area contributed by atoms with E-state index in [-0.39, 0.29) is 24.8 Å². The lowest BCUT2D eigenvalue weighted by molar-refractivity contribution is -0.121. The molecule has 2 amide bonds. The van der Waals surface area contributed by atoms with Crippen LogP contribution in [-0.4, -0.2) is 36.6 Å². The topological polar surface area (TPSA) is 78.4 Å². The molecule has 0 aliphatic heterocycles. The Hall–Kier alpha value is -1.84. The van der Waals surface area contributed by atoms with E-state index in [1.807, 2.05) is 13.8 Å². The summed E-state index contributed by atoms with van der Waals surface area (Å²) in [5.74, 6) is 5.41. The summed E-state index contributed by atoms with van der Waals surface area (Å²) in [5, 5.41) is 14.1. The third-order valence-corrected chi connectivity index (χ3v) is 3.46. The highest BCUT2D eigenvalue weighted by Gasteiger charge is 2.09. The highest BCUT2D eigenvalue weighted by atomic mass is 32.1. The van der Waals surface area contributed by atoms with Crippen LogP contribution >= 0.6 is 11.3 Å². The molecule has 0 radical (unpaired) electrons. The molecule has 0 aliphatic carbocycles. The van der Waals surface area contributed by atoms with Crippen molar-refractivity contribution in [2.24, 2.45) is 5.92 Å². The third-order valence-electron chi connectivity index (χ3n) is 2.47. The molecule has 0 aliphatic rings. The molecule has 3 N–H and O–H groups in total. The van der Waals surface area contributed by atoms with Crippen LogP contribution in [0.2, 0.25) is 0 Å². The van der Waals surface area contributed by atoms with Gasteiger partial charge in [0.1, 0.15) is 6.61 Å². The summed E-state index contributed by atoms with van der Waals surface area (Å²) in [5.41, 5.74) is 0. The minimum atomic E-state index is -0.214. The molecule has 0 fully saturated rings.